The van der Waals surface area contributed by atoms with Crippen molar-refractivity contribution in [3.63, 3.8) is 0 Å². The van der Waals surface area contributed by atoms with Crippen molar-refractivity contribution in [2.75, 3.05) is 65.9 Å². The van der Waals surface area contributed by atoms with Crippen LogP contribution in [0.4, 0.5) is 238 Å². The maximum absolute atomic E-state index is 14.5. The van der Waals surface area contributed by atoms with Crippen LogP contribution in [-0.4, -0.2) is 243 Å². The maximum atomic E-state index is 14.5. The zero-order valence-electron chi connectivity index (χ0n) is 51.0. The molecule has 0 rings (SSSR count). The van der Waals surface area contributed by atoms with Crippen LogP contribution in [0.15, 0.2) is 0 Å². The fourth-order valence-corrected chi connectivity index (χ4v) is 7.83. The normalized spacial score (nSPS) is 15.8. The van der Waals surface area contributed by atoms with Crippen molar-refractivity contribution in [1.29, 1.82) is 0 Å². The Morgan fingerprint density at radius 2 is 0.361 bits per heavy atom. The van der Waals surface area contributed by atoms with Gasteiger partial charge in [-0.25, -0.2) is 9.59 Å². The van der Waals surface area contributed by atoms with E-state index in [0.717, 1.165) is 0 Å². The van der Waals surface area contributed by atoms with Crippen LogP contribution in [0.25, 0.3) is 0 Å². The Bertz CT molecular complexity index is 2550. The fraction of sp³-hybridized carbons (Fsp3) is 0.957. The minimum atomic E-state index is -8.53. The average molecular weight is 1730 g/mol. The molecule has 0 atom stereocenters. The highest BCUT2D eigenvalue weighted by atomic mass is 19.5. The van der Waals surface area contributed by atoms with Gasteiger partial charge in [0.2, 0.25) is 0 Å². The minimum Gasteiger partial charge on any atom is -0.379 e. The molecule has 0 aromatic rings. The van der Waals surface area contributed by atoms with Crippen molar-refractivity contribution >= 4 is 12.1 Å². The minimum absolute atomic E-state index is 0.199. The molecule has 0 radical (unpaired) electrons. The summed E-state index contributed by atoms with van der Waals surface area (Å²) >= 11 is 0. The van der Waals surface area contributed by atoms with E-state index in [0.29, 0.717) is 0 Å². The number of primary amides is 2. The Kier molecular flexibility index (Phi) is 30.7. The third-order valence-electron chi connectivity index (χ3n) is 14.5. The average Bonchev–Trinajstić information content (AvgIpc) is 0.731. The number of ether oxygens (including phenoxy) is 4. The summed E-state index contributed by atoms with van der Waals surface area (Å²) in [6.45, 7) is -20.9. The molecule has 646 valence electrons. The molecule has 0 aromatic carbocycles. The van der Waals surface area contributed by atoms with Crippen LogP contribution >= 0.6 is 0 Å². The molecule has 4 amide bonds. The molecule has 0 heterocycles. The molecule has 4 N–H and O–H groups in total. The van der Waals surface area contributed by atoms with Gasteiger partial charge in [-0.1, -0.05) is 12.8 Å². The zero-order valence-corrected chi connectivity index (χ0v) is 51.0. The van der Waals surface area contributed by atoms with Crippen LogP contribution in [0.3, 0.4) is 0 Å². The number of carbonyl (C=O) groups is 2. The summed E-state index contributed by atoms with van der Waals surface area (Å²) < 4.78 is 725. The predicted molar refractivity (Wildman–Crippen MR) is 244 cm³/mol. The Morgan fingerprint density at radius 3 is 0.491 bits per heavy atom. The van der Waals surface area contributed by atoms with Gasteiger partial charge in [0.25, 0.3) is 0 Å². The van der Waals surface area contributed by atoms with E-state index in [1.54, 1.807) is 0 Å². The summed E-state index contributed by atoms with van der Waals surface area (Å²) in [6.07, 6.45) is -48.6. The smallest absolute Gasteiger partial charge is 0.379 e. The van der Waals surface area contributed by atoms with Crippen LogP contribution in [0.2, 0.25) is 0 Å². The molecule has 0 aromatic heterocycles. The first-order valence-electron chi connectivity index (χ1n) is 27.3. The Balaban J connectivity index is 7.39. The summed E-state index contributed by atoms with van der Waals surface area (Å²) in [5.74, 6) is -162. The number of carbonyl (C=O) groups excluding carboxylic acids is 2. The molecule has 0 saturated heterocycles. The lowest BCUT2D eigenvalue weighted by Crippen LogP contribution is -2.70. The first-order valence-corrected chi connectivity index (χ1v) is 27.3. The third-order valence-corrected chi connectivity index (χ3v) is 14.5. The van der Waals surface area contributed by atoms with E-state index >= 15 is 0 Å². The topological polar surface area (TPSA) is 130 Å². The molecule has 0 fully saturated rings. The molecule has 0 aliphatic rings. The van der Waals surface area contributed by atoms with Crippen molar-refractivity contribution in [3.05, 3.63) is 0 Å². The van der Waals surface area contributed by atoms with Crippen molar-refractivity contribution in [2.24, 2.45) is 11.5 Å². The van der Waals surface area contributed by atoms with E-state index in [2.05, 4.69) is 18.9 Å². The van der Waals surface area contributed by atoms with Gasteiger partial charge in [0.1, 0.15) is 0 Å². The molecule has 0 aliphatic carbocycles. The van der Waals surface area contributed by atoms with E-state index in [1.165, 1.54) is 0 Å². The molecule has 108 heavy (non-hydrogen) atoms. The van der Waals surface area contributed by atoms with E-state index in [1.807, 2.05) is 0 Å². The van der Waals surface area contributed by atoms with Gasteiger partial charge in [-0.15, -0.1) is 0 Å². The third kappa shape index (κ3) is 18.7. The fourth-order valence-electron chi connectivity index (χ4n) is 7.83. The van der Waals surface area contributed by atoms with Crippen LogP contribution in [0, 0.1) is 0 Å². The number of rotatable bonds is 45. The van der Waals surface area contributed by atoms with Crippen molar-refractivity contribution in [3.8, 4) is 0 Å². The van der Waals surface area contributed by atoms with Crippen LogP contribution in [-0.2, 0) is 18.9 Å². The van der Waals surface area contributed by atoms with Gasteiger partial charge in [-0.3, -0.25) is 0 Å². The lowest BCUT2D eigenvalue weighted by molar-refractivity contribution is -0.440. The van der Waals surface area contributed by atoms with Gasteiger partial charge >= 0.3 is 155 Å². The number of nitrogens with two attached hydrogens (primary N) is 2. The van der Waals surface area contributed by atoms with Gasteiger partial charge in [0.15, 0.2) is 0 Å². The monoisotopic (exact) mass is 1730 g/mol. The summed E-state index contributed by atoms with van der Waals surface area (Å²) in [4.78, 5) is 24.6. The van der Waals surface area contributed by atoms with Gasteiger partial charge in [-0.2, -0.15) is 228 Å². The summed E-state index contributed by atoms with van der Waals surface area (Å²) in [5, 5.41) is 0. The number of nitrogens with zero attached hydrogens (tertiary/aromatic N) is 2. The van der Waals surface area contributed by atoms with E-state index in [9.17, 15) is 238 Å². The standard InChI is InChI=1S/C46H42F52N4O6/c47-23(48,27(55,56)31(63,64)35(71,72)39(79,80)43(87,88)89)5-11-105-15-19(16-106-12-6-24(49,50)28(57,58)32(65,66)36(73,74)40(81,82)44(90,91)92)101(21(99)103)9-3-1-2-4-10-102(22(100)104)20(17-107-13-7-25(51,52)29(59,60)33(67,68)37(75,76)41(83,84)45(93,94)95)18-108-14-8-26(53,54)30(61,62)34(69,70)38(77,78)42(85,86)46(96,97)98/h19-20H,1-18H2,(H2,99,103)(H2,100,104). The second kappa shape index (κ2) is 32.3. The quantitative estimate of drug-likeness (QED) is 0.0461. The number of unbranched alkanes of at least 4 members (excludes halogenated alkanes) is 3. The number of amides is 4. The second-order valence-electron chi connectivity index (χ2n) is 22.1. The predicted octanol–water partition coefficient (Wildman–Crippen LogP) is 18.6. The second-order valence-corrected chi connectivity index (χ2v) is 22.1. The van der Waals surface area contributed by atoms with Gasteiger partial charge < -0.3 is 40.2 Å². The highest BCUT2D eigenvalue weighted by Gasteiger charge is 2.95. The van der Waals surface area contributed by atoms with Crippen molar-refractivity contribution in [1.82, 2.24) is 9.80 Å². The molecule has 0 unspecified atom stereocenters. The number of alkyl halides is 52. The molecular weight excluding hydrogens is 1690 g/mol. The molecule has 0 bridgehead atoms. The van der Waals surface area contributed by atoms with Crippen LogP contribution in [0.1, 0.15) is 51.4 Å². The van der Waals surface area contributed by atoms with Crippen LogP contribution < -0.4 is 11.5 Å². The number of halogens is 52. The van der Waals surface area contributed by atoms with Gasteiger partial charge in [0.05, 0.1) is 64.9 Å². The lowest BCUT2D eigenvalue weighted by atomic mass is 9.93. The van der Waals surface area contributed by atoms with Gasteiger partial charge in [-0.05, 0) is 12.8 Å². The molecule has 0 saturated carbocycles. The van der Waals surface area contributed by atoms with Crippen LogP contribution in [0.5, 0.6) is 0 Å². The van der Waals surface area contributed by atoms with E-state index < -0.39 is 285 Å². The van der Waals surface area contributed by atoms with Crippen molar-refractivity contribution in [2.45, 2.75) is 207 Å². The van der Waals surface area contributed by atoms with Gasteiger partial charge in [0, 0.05) is 38.8 Å². The largest absolute Gasteiger partial charge is 0.460 e. The first-order chi connectivity index (χ1) is 47.0. The first kappa shape index (κ1) is 103. The summed E-state index contributed by atoms with van der Waals surface area (Å²) in [6, 6.07) is -9.71. The molecule has 62 heteroatoms. The Morgan fingerprint density at radius 1 is 0.222 bits per heavy atom. The lowest BCUT2D eigenvalue weighted by Gasteiger charge is -2.39. The molecule has 0 spiro atoms. The van der Waals surface area contributed by atoms with E-state index in [4.69, 9.17) is 11.5 Å². The SMILES string of the molecule is NC(=O)N(CCCCCCN(C(N)=O)C(COCCC(F)(F)C(F)(F)C(F)(F)C(F)(F)C(F)(F)C(F)(F)F)COCCC(F)(F)C(F)(F)C(F)(F)C(F)(F)C(F)(F)C(F)(F)F)C(COCCC(F)(F)C(F)(F)C(F)(F)C(F)(F)C(F)(F)C(F)(F)F)COCCC(F)(F)C(F)(F)C(F)(F)C(F)(F)C(F)(F)C(F)(F)F. The van der Waals surface area contributed by atoms with E-state index in [-0.39, 0.29) is 9.80 Å². The van der Waals surface area contributed by atoms with Crippen molar-refractivity contribution < 1.29 is 257 Å². The highest BCUT2D eigenvalue weighted by Crippen LogP contribution is 2.66. The maximum Gasteiger partial charge on any atom is 0.460 e. The molecule has 10 nitrogen and oxygen atoms in total. The Labute approximate surface area is 563 Å². The highest BCUT2D eigenvalue weighted by molar-refractivity contribution is 5.72. The molecule has 0 aliphatic heterocycles. The zero-order chi connectivity index (χ0) is 87.0. The Hall–Kier alpha value is -5.26. The summed E-state index contributed by atoms with van der Waals surface area (Å²) in [5.41, 5.74) is 10.1. The number of hydrogen-bond donors (Lipinski definition) is 2. The number of urea groups is 2. The molecular formula is C46H42F52N4O6. The summed E-state index contributed by atoms with van der Waals surface area (Å²) in [7, 11) is 0. The number of hydrogen-bond acceptors (Lipinski definition) is 6.